The minimum atomic E-state index is -0.0804. The minimum Gasteiger partial charge on any atom is -0.383 e. The fraction of sp³-hybridized carbons (Fsp3) is 0.357. The first-order valence-electron chi connectivity index (χ1n) is 11.7. The van der Waals surface area contributed by atoms with Gasteiger partial charge in [-0.3, -0.25) is 9.59 Å². The van der Waals surface area contributed by atoms with Gasteiger partial charge in [0.25, 0.3) is 0 Å². The number of benzene rings is 2. The summed E-state index contributed by atoms with van der Waals surface area (Å²) in [7, 11) is 3.91. The van der Waals surface area contributed by atoms with Crippen LogP contribution in [0, 0.1) is 0 Å². The van der Waals surface area contributed by atoms with Crippen LogP contribution in [0.2, 0.25) is 0 Å². The molecule has 2 heterocycles. The van der Waals surface area contributed by atoms with Crippen molar-refractivity contribution in [2.24, 2.45) is 0 Å². The average molecular weight is 442 g/mol. The maximum atomic E-state index is 13.3. The molecule has 1 aliphatic carbocycles. The van der Waals surface area contributed by atoms with Crippen LogP contribution in [0.3, 0.4) is 0 Å². The van der Waals surface area contributed by atoms with Crippen molar-refractivity contribution in [1.29, 1.82) is 0 Å². The molecular weight excluding hydrogens is 410 g/mol. The Bertz CT molecular complexity index is 1280. The summed E-state index contributed by atoms with van der Waals surface area (Å²) in [6.07, 6.45) is 4.56. The van der Waals surface area contributed by atoms with E-state index in [1.165, 1.54) is 5.56 Å². The van der Waals surface area contributed by atoms with Gasteiger partial charge in [0.15, 0.2) is 5.78 Å². The Morgan fingerprint density at radius 1 is 1.15 bits per heavy atom. The molecule has 5 heteroatoms. The zero-order valence-corrected chi connectivity index (χ0v) is 19.9. The second kappa shape index (κ2) is 7.91. The zero-order valence-electron chi connectivity index (χ0n) is 19.9. The third kappa shape index (κ3) is 3.75. The van der Waals surface area contributed by atoms with Crippen molar-refractivity contribution in [3.05, 3.63) is 76.6 Å². The molecule has 170 valence electrons. The first kappa shape index (κ1) is 21.5. The summed E-state index contributed by atoms with van der Waals surface area (Å²) in [5.74, 6) is 0.226. The number of aromatic nitrogens is 1. The van der Waals surface area contributed by atoms with Crippen LogP contribution in [0.25, 0.3) is 10.9 Å². The van der Waals surface area contributed by atoms with Crippen LogP contribution in [0.1, 0.15) is 58.7 Å². The zero-order chi connectivity index (χ0) is 23.3. The van der Waals surface area contributed by atoms with Gasteiger partial charge >= 0.3 is 0 Å². The fourth-order valence-electron chi connectivity index (χ4n) is 5.39. The maximum absolute atomic E-state index is 13.3. The number of rotatable bonds is 4. The summed E-state index contributed by atoms with van der Waals surface area (Å²) >= 11 is 0. The summed E-state index contributed by atoms with van der Waals surface area (Å²) in [5, 5.41) is 1.11. The summed E-state index contributed by atoms with van der Waals surface area (Å²) in [5.41, 5.74) is 6.70. The van der Waals surface area contributed by atoms with Crippen LogP contribution in [-0.4, -0.2) is 48.6 Å². The number of nitrogens with one attached hydrogen (secondary N) is 1. The van der Waals surface area contributed by atoms with Crippen LogP contribution in [0.4, 0.5) is 5.69 Å². The maximum Gasteiger partial charge on any atom is 0.206 e. The largest absolute Gasteiger partial charge is 0.383 e. The molecule has 33 heavy (non-hydrogen) atoms. The number of aromatic amines is 1. The lowest BCUT2D eigenvalue weighted by Crippen LogP contribution is -2.32. The molecule has 2 aromatic carbocycles. The van der Waals surface area contributed by atoms with Crippen molar-refractivity contribution in [3.63, 3.8) is 0 Å². The monoisotopic (exact) mass is 441 g/mol. The van der Waals surface area contributed by atoms with E-state index in [1.54, 1.807) is 0 Å². The molecular formula is C28H31N3O2. The van der Waals surface area contributed by atoms with E-state index in [0.29, 0.717) is 6.54 Å². The molecule has 1 N–H and O–H groups in total. The number of ketones is 2. The second-order valence-electron chi connectivity index (χ2n) is 10.2. The Kier molecular flexibility index (Phi) is 5.15. The third-order valence-electron chi connectivity index (χ3n) is 6.91. The second-order valence-corrected chi connectivity index (χ2v) is 10.2. The topological polar surface area (TPSA) is 56.4 Å². The molecule has 0 fully saturated rings. The number of aryl methyl sites for hydroxylation is 1. The first-order valence-corrected chi connectivity index (χ1v) is 11.7. The van der Waals surface area contributed by atoms with Gasteiger partial charge in [0.2, 0.25) is 5.78 Å². The molecule has 5 rings (SSSR count). The number of allylic oxidation sites excluding steroid dienone is 1. The molecule has 0 amide bonds. The lowest BCUT2D eigenvalue weighted by Gasteiger charge is -2.21. The van der Waals surface area contributed by atoms with E-state index in [0.717, 1.165) is 64.8 Å². The molecule has 0 saturated carbocycles. The number of hydrogen-bond acceptors (Lipinski definition) is 4. The van der Waals surface area contributed by atoms with Crippen LogP contribution in [-0.2, 0) is 11.8 Å². The number of carbonyl (C=O) groups excluding carboxylic acids is 2. The van der Waals surface area contributed by atoms with Crippen LogP contribution >= 0.6 is 0 Å². The highest BCUT2D eigenvalue weighted by Gasteiger charge is 2.37. The molecule has 0 bridgehead atoms. The Balaban J connectivity index is 1.57. The van der Waals surface area contributed by atoms with Gasteiger partial charge in [-0.1, -0.05) is 44.2 Å². The van der Waals surface area contributed by atoms with Crippen LogP contribution in [0.15, 0.2) is 54.2 Å². The van der Waals surface area contributed by atoms with Crippen molar-refractivity contribution < 1.29 is 9.59 Å². The van der Waals surface area contributed by atoms with Gasteiger partial charge < -0.3 is 14.8 Å². The Labute approximate surface area is 195 Å². The normalized spacial score (nSPS) is 18.4. The van der Waals surface area contributed by atoms with E-state index in [9.17, 15) is 9.59 Å². The number of anilines is 1. The quantitative estimate of drug-likeness (QED) is 0.347. The molecule has 1 aromatic heterocycles. The molecule has 0 atom stereocenters. The summed E-state index contributed by atoms with van der Waals surface area (Å²) < 4.78 is 0. The van der Waals surface area contributed by atoms with E-state index >= 15 is 0 Å². The van der Waals surface area contributed by atoms with Gasteiger partial charge in [-0.15, -0.1) is 0 Å². The number of nitrogens with zero attached hydrogens (tertiary/aromatic N) is 2. The fourth-order valence-corrected chi connectivity index (χ4v) is 5.39. The van der Waals surface area contributed by atoms with Crippen molar-refractivity contribution in [2.45, 2.75) is 38.5 Å². The standard InChI is InChI=1S/C28H31N3O2/c1-28(2)17-31(16-25(32)18-9-6-5-7-10-18)24-13-21-20-12-8-11-19(15-30(3)4)27(33)26(20)29-23(21)14-22(24)28/h5-7,9-10,13-15,29H,8,11-12,16-17H2,1-4H3/b19-15-. The first-order chi connectivity index (χ1) is 15.7. The Morgan fingerprint density at radius 2 is 1.91 bits per heavy atom. The van der Waals surface area contributed by atoms with Crippen molar-refractivity contribution in [3.8, 4) is 0 Å². The molecule has 0 spiro atoms. The van der Waals surface area contributed by atoms with Gasteiger partial charge in [-0.2, -0.15) is 0 Å². The Morgan fingerprint density at radius 3 is 2.64 bits per heavy atom. The van der Waals surface area contributed by atoms with Gasteiger partial charge in [0.05, 0.1) is 12.2 Å². The highest BCUT2D eigenvalue weighted by Crippen LogP contribution is 2.44. The Hall–Kier alpha value is -3.34. The van der Waals surface area contributed by atoms with E-state index in [4.69, 9.17) is 0 Å². The van der Waals surface area contributed by atoms with E-state index in [-0.39, 0.29) is 17.0 Å². The van der Waals surface area contributed by atoms with Gasteiger partial charge in [0, 0.05) is 60.0 Å². The molecule has 5 nitrogen and oxygen atoms in total. The SMILES string of the molecule is CN(C)/C=C1/CCCc2c([nH]c3cc4c(cc23)N(CC(=O)c2ccccc2)CC4(C)C)C1=O. The van der Waals surface area contributed by atoms with E-state index in [2.05, 4.69) is 35.9 Å². The van der Waals surface area contributed by atoms with E-state index < -0.39 is 0 Å². The third-order valence-corrected chi connectivity index (χ3v) is 6.91. The van der Waals surface area contributed by atoms with Crippen molar-refractivity contribution >= 4 is 28.2 Å². The minimum absolute atomic E-state index is 0.0804. The number of hydrogen-bond donors (Lipinski definition) is 1. The summed E-state index contributed by atoms with van der Waals surface area (Å²) in [6, 6.07) is 13.9. The lowest BCUT2D eigenvalue weighted by atomic mass is 9.86. The van der Waals surface area contributed by atoms with Crippen LogP contribution in [0.5, 0.6) is 0 Å². The lowest BCUT2D eigenvalue weighted by molar-refractivity contribution is 0.0996. The summed E-state index contributed by atoms with van der Waals surface area (Å²) in [4.78, 5) is 33.9. The molecule has 0 saturated heterocycles. The molecule has 1 aliphatic heterocycles. The molecule has 0 unspecified atom stereocenters. The van der Waals surface area contributed by atoms with Crippen molar-refractivity contribution in [1.82, 2.24) is 9.88 Å². The van der Waals surface area contributed by atoms with Crippen molar-refractivity contribution in [2.75, 3.05) is 32.1 Å². The summed E-state index contributed by atoms with van der Waals surface area (Å²) in [6.45, 7) is 5.60. The molecule has 3 aromatic rings. The van der Waals surface area contributed by atoms with Crippen LogP contribution < -0.4 is 4.90 Å². The predicted octanol–water partition coefficient (Wildman–Crippen LogP) is 5.11. The number of Topliss-reactive ketones (excluding diaryl/α,β-unsaturated/α-hetero) is 2. The number of H-pyrrole nitrogens is 1. The smallest absolute Gasteiger partial charge is 0.206 e. The van der Waals surface area contributed by atoms with Gasteiger partial charge in [-0.05, 0) is 42.5 Å². The molecule has 2 aliphatic rings. The number of fused-ring (bicyclic) bond motifs is 4. The highest BCUT2D eigenvalue weighted by atomic mass is 16.1. The van der Waals surface area contributed by atoms with E-state index in [1.807, 2.05) is 55.5 Å². The predicted molar refractivity (Wildman–Crippen MR) is 133 cm³/mol. The van der Waals surface area contributed by atoms with Gasteiger partial charge in [-0.25, -0.2) is 0 Å². The average Bonchev–Trinajstić information content (AvgIpc) is 3.20. The van der Waals surface area contributed by atoms with Gasteiger partial charge in [0.1, 0.15) is 0 Å². The number of carbonyl (C=O) groups is 2. The molecule has 0 radical (unpaired) electrons. The highest BCUT2D eigenvalue weighted by molar-refractivity contribution is 6.12.